The van der Waals surface area contributed by atoms with E-state index in [1.54, 1.807) is 12.1 Å². The van der Waals surface area contributed by atoms with Gasteiger partial charge in [0, 0.05) is 49.4 Å². The molecule has 0 aliphatic carbocycles. The molecule has 2 aromatic carbocycles. The van der Waals surface area contributed by atoms with Crippen LogP contribution in [0.3, 0.4) is 0 Å². The summed E-state index contributed by atoms with van der Waals surface area (Å²) >= 11 is 0. The molecular formula is C28H32FN3O7. The second kappa shape index (κ2) is 13.3. The highest BCUT2D eigenvalue weighted by atomic mass is 19.1. The summed E-state index contributed by atoms with van der Waals surface area (Å²) in [4.78, 5) is 45.4. The predicted octanol–water partition coefficient (Wildman–Crippen LogP) is 1.40. The highest BCUT2D eigenvalue weighted by molar-refractivity contribution is 6.12. The summed E-state index contributed by atoms with van der Waals surface area (Å²) in [7, 11) is 2.70. The van der Waals surface area contributed by atoms with Crippen LogP contribution in [0.4, 0.5) is 4.39 Å². The number of likely N-dealkylation sites (N-methyl/N-ethyl adjacent to an activating group) is 2. The number of rotatable bonds is 8. The van der Waals surface area contributed by atoms with E-state index in [9.17, 15) is 23.9 Å². The van der Waals surface area contributed by atoms with Crippen LogP contribution in [-0.2, 0) is 19.2 Å². The van der Waals surface area contributed by atoms with Gasteiger partial charge in [0.05, 0.1) is 6.61 Å². The number of hydrogen-bond acceptors (Lipinski definition) is 7. The lowest BCUT2D eigenvalue weighted by atomic mass is 9.96. The Morgan fingerprint density at radius 3 is 2.41 bits per heavy atom. The first kappa shape index (κ1) is 29.7. The minimum atomic E-state index is -1.93. The molecule has 0 aromatic heterocycles. The fraction of sp³-hybridized carbons (Fsp3) is 0.393. The van der Waals surface area contributed by atoms with Gasteiger partial charge in [0.2, 0.25) is 0 Å². The van der Waals surface area contributed by atoms with Crippen LogP contribution in [0.5, 0.6) is 0 Å². The first-order valence-electron chi connectivity index (χ1n) is 12.4. The number of carbonyl (C=O) groups is 3. The van der Waals surface area contributed by atoms with E-state index in [2.05, 4.69) is 22.6 Å². The minimum absolute atomic E-state index is 0.0265. The number of hydroxylamine groups is 1. The van der Waals surface area contributed by atoms with E-state index in [0.717, 1.165) is 23.8 Å². The Balaban J connectivity index is 1.73. The third kappa shape index (κ3) is 6.99. The summed E-state index contributed by atoms with van der Waals surface area (Å²) in [5, 5.41) is 21.0. The van der Waals surface area contributed by atoms with Gasteiger partial charge in [-0.3, -0.25) is 14.4 Å². The SMILES string of the molecule is CNC(=O)[C@@](C)(C(=O)NOC1CCCCO1)N(C)C(=O)c1ccc(C#Cc2ccc(C(O)CO)c(F)c2)cc1. The largest absolute Gasteiger partial charge is 0.393 e. The topological polar surface area (TPSA) is 137 Å². The Kier molecular flexibility index (Phi) is 10.1. The summed E-state index contributed by atoms with van der Waals surface area (Å²) < 4.78 is 19.6. The zero-order chi connectivity index (χ0) is 28.6. The van der Waals surface area contributed by atoms with E-state index in [0.29, 0.717) is 24.2 Å². The van der Waals surface area contributed by atoms with Gasteiger partial charge in [-0.15, -0.1) is 0 Å². The zero-order valence-corrected chi connectivity index (χ0v) is 22.0. The molecule has 10 nitrogen and oxygen atoms in total. The van der Waals surface area contributed by atoms with E-state index >= 15 is 0 Å². The van der Waals surface area contributed by atoms with E-state index < -0.39 is 48.1 Å². The zero-order valence-electron chi connectivity index (χ0n) is 22.0. The normalized spacial score (nSPS) is 17.1. The first-order valence-corrected chi connectivity index (χ1v) is 12.4. The minimum Gasteiger partial charge on any atom is -0.393 e. The van der Waals surface area contributed by atoms with E-state index in [1.807, 2.05) is 0 Å². The summed E-state index contributed by atoms with van der Waals surface area (Å²) in [6.45, 7) is 1.22. The van der Waals surface area contributed by atoms with Crippen molar-refractivity contribution in [2.45, 2.75) is 44.1 Å². The fourth-order valence-electron chi connectivity index (χ4n) is 3.88. The van der Waals surface area contributed by atoms with Crippen molar-refractivity contribution in [3.05, 3.63) is 70.5 Å². The summed E-state index contributed by atoms with van der Waals surface area (Å²) in [6.07, 6.45) is 0.420. The molecule has 1 aliphatic heterocycles. The molecule has 1 aliphatic rings. The van der Waals surface area contributed by atoms with Crippen LogP contribution < -0.4 is 10.8 Å². The van der Waals surface area contributed by atoms with E-state index in [1.165, 1.54) is 45.3 Å². The summed E-state index contributed by atoms with van der Waals surface area (Å²) in [5.74, 6) is 2.83. The number of halogens is 1. The van der Waals surface area contributed by atoms with Gasteiger partial charge >= 0.3 is 0 Å². The van der Waals surface area contributed by atoms with Crippen molar-refractivity contribution in [2.24, 2.45) is 0 Å². The number of hydrogen-bond donors (Lipinski definition) is 4. The first-order chi connectivity index (χ1) is 18.6. The van der Waals surface area contributed by atoms with Gasteiger partial charge in [-0.1, -0.05) is 17.9 Å². The number of benzene rings is 2. The van der Waals surface area contributed by atoms with Crippen molar-refractivity contribution in [3.8, 4) is 11.8 Å². The third-order valence-electron chi connectivity index (χ3n) is 6.52. The van der Waals surface area contributed by atoms with Crippen LogP contribution >= 0.6 is 0 Å². The van der Waals surface area contributed by atoms with Crippen molar-refractivity contribution in [1.29, 1.82) is 0 Å². The molecule has 39 heavy (non-hydrogen) atoms. The number of ether oxygens (including phenoxy) is 1. The molecule has 1 fully saturated rings. The number of nitrogens with one attached hydrogen (secondary N) is 2. The van der Waals surface area contributed by atoms with Crippen LogP contribution in [0.25, 0.3) is 0 Å². The average Bonchev–Trinajstić information content (AvgIpc) is 2.97. The Hall–Kier alpha value is -3.82. The molecule has 0 spiro atoms. The molecule has 2 aromatic rings. The molecular weight excluding hydrogens is 509 g/mol. The van der Waals surface area contributed by atoms with Crippen LogP contribution in [0.2, 0.25) is 0 Å². The van der Waals surface area contributed by atoms with Gasteiger partial charge in [0.25, 0.3) is 17.7 Å². The second-order valence-corrected chi connectivity index (χ2v) is 9.12. The maximum absolute atomic E-state index is 14.2. The number of aliphatic hydroxyl groups excluding tert-OH is 2. The Morgan fingerprint density at radius 2 is 1.82 bits per heavy atom. The van der Waals surface area contributed by atoms with Crippen LogP contribution in [-0.4, -0.2) is 72.0 Å². The maximum Gasteiger partial charge on any atom is 0.279 e. The Morgan fingerprint density at radius 1 is 1.15 bits per heavy atom. The number of aliphatic hydroxyl groups is 2. The van der Waals surface area contributed by atoms with E-state index in [-0.39, 0.29) is 11.1 Å². The van der Waals surface area contributed by atoms with Gasteiger partial charge in [0.15, 0.2) is 11.8 Å². The molecule has 2 unspecified atom stereocenters. The summed E-state index contributed by atoms with van der Waals surface area (Å²) in [5.41, 5.74) is 1.40. The number of nitrogens with zero attached hydrogens (tertiary/aromatic N) is 1. The quantitative estimate of drug-likeness (QED) is 0.225. The van der Waals surface area contributed by atoms with Crippen molar-refractivity contribution in [1.82, 2.24) is 15.7 Å². The third-order valence-corrected chi connectivity index (χ3v) is 6.52. The van der Waals surface area contributed by atoms with Crippen molar-refractivity contribution in [3.63, 3.8) is 0 Å². The lowest BCUT2D eigenvalue weighted by Crippen LogP contribution is -2.65. The average molecular weight is 542 g/mol. The lowest BCUT2D eigenvalue weighted by molar-refractivity contribution is -0.204. The molecule has 1 heterocycles. The molecule has 208 valence electrons. The molecule has 11 heteroatoms. The van der Waals surface area contributed by atoms with Crippen molar-refractivity contribution in [2.75, 3.05) is 27.3 Å². The highest BCUT2D eigenvalue weighted by Gasteiger charge is 2.47. The van der Waals surface area contributed by atoms with Gasteiger partial charge in [-0.2, -0.15) is 0 Å². The van der Waals surface area contributed by atoms with E-state index in [4.69, 9.17) is 14.7 Å². The molecule has 0 saturated carbocycles. The fourth-order valence-corrected chi connectivity index (χ4v) is 3.88. The molecule has 0 bridgehead atoms. The summed E-state index contributed by atoms with van der Waals surface area (Å²) in [6, 6.07) is 10.2. The molecule has 0 radical (unpaired) electrons. The Bertz CT molecular complexity index is 1250. The van der Waals surface area contributed by atoms with Crippen molar-refractivity contribution < 1.29 is 38.6 Å². The van der Waals surface area contributed by atoms with Gasteiger partial charge in [0.1, 0.15) is 11.9 Å². The Labute approximate surface area is 226 Å². The highest BCUT2D eigenvalue weighted by Crippen LogP contribution is 2.20. The molecule has 3 atom stereocenters. The van der Waals surface area contributed by atoms with Gasteiger partial charge in [-0.25, -0.2) is 14.7 Å². The molecule has 4 N–H and O–H groups in total. The predicted molar refractivity (Wildman–Crippen MR) is 138 cm³/mol. The van der Waals surface area contributed by atoms with Gasteiger partial charge in [-0.05, 0) is 56.2 Å². The second-order valence-electron chi connectivity index (χ2n) is 9.12. The molecule has 3 amide bonds. The lowest BCUT2D eigenvalue weighted by Gasteiger charge is -2.36. The van der Waals surface area contributed by atoms with Gasteiger partial charge < -0.3 is 25.2 Å². The van der Waals surface area contributed by atoms with Crippen molar-refractivity contribution >= 4 is 17.7 Å². The standard InChI is InChI=1S/C28H32FN3O7/c1-28(26(36)30-2,27(37)31-39-24-6-4-5-15-38-24)32(3)25(35)20-12-9-18(10-13-20)7-8-19-11-14-21(22(29)16-19)23(34)17-33/h9-14,16,23-24,33-34H,4-6,15,17H2,1-3H3,(H,30,36)(H,31,37)/t23?,24?,28-/m0/s1. The molecule has 1 saturated heterocycles. The smallest absolute Gasteiger partial charge is 0.279 e. The maximum atomic E-state index is 14.2. The van der Waals surface area contributed by atoms with Crippen LogP contribution in [0.15, 0.2) is 42.5 Å². The number of amides is 3. The number of carbonyl (C=O) groups excluding carboxylic acids is 3. The molecule has 3 rings (SSSR count). The van der Waals surface area contributed by atoms with Crippen LogP contribution in [0, 0.1) is 17.7 Å². The van der Waals surface area contributed by atoms with Crippen LogP contribution in [0.1, 0.15) is 59.3 Å². The monoisotopic (exact) mass is 541 g/mol.